The van der Waals surface area contributed by atoms with Crippen molar-refractivity contribution >= 4 is 52.4 Å². The van der Waals surface area contributed by atoms with Gasteiger partial charge in [0.2, 0.25) is 0 Å². The fourth-order valence-electron chi connectivity index (χ4n) is 2.63. The Morgan fingerprint density at radius 3 is 2.53 bits per heavy atom. The SMILES string of the molecule is COC(=O)C(Cl)(Cl)C(=O)Nc1cccc(-c2cc(-c3c(Cl)cccc3OC)no2)c1. The maximum Gasteiger partial charge on any atom is 0.352 e. The molecule has 7 nitrogen and oxygen atoms in total. The number of carbonyl (C=O) groups is 2. The number of esters is 1. The summed E-state index contributed by atoms with van der Waals surface area (Å²) in [6.45, 7) is 0. The van der Waals surface area contributed by atoms with Crippen LogP contribution in [0.5, 0.6) is 5.75 Å². The second-order valence-corrected chi connectivity index (χ2v) is 7.73. The minimum Gasteiger partial charge on any atom is -0.496 e. The molecule has 1 heterocycles. The summed E-state index contributed by atoms with van der Waals surface area (Å²) >= 11 is 17.9. The molecular formula is C20H15Cl3N2O5. The highest BCUT2D eigenvalue weighted by Gasteiger charge is 2.43. The number of hydrogen-bond acceptors (Lipinski definition) is 6. The first-order valence-electron chi connectivity index (χ1n) is 8.45. The highest BCUT2D eigenvalue weighted by molar-refractivity contribution is 6.68. The van der Waals surface area contributed by atoms with Gasteiger partial charge in [0.1, 0.15) is 11.4 Å². The molecule has 3 rings (SSSR count). The molecule has 0 saturated carbocycles. The fourth-order valence-corrected chi connectivity index (χ4v) is 3.14. The van der Waals surface area contributed by atoms with Crippen molar-refractivity contribution in [2.75, 3.05) is 19.5 Å². The third-order valence-electron chi connectivity index (χ3n) is 4.09. The number of nitrogens with zero attached hydrogens (tertiary/aromatic N) is 1. The van der Waals surface area contributed by atoms with Gasteiger partial charge in [-0.3, -0.25) is 4.79 Å². The van der Waals surface area contributed by atoms with Crippen molar-refractivity contribution in [3.8, 4) is 28.3 Å². The molecule has 0 aliphatic heterocycles. The summed E-state index contributed by atoms with van der Waals surface area (Å²) in [6, 6.07) is 13.5. The number of alkyl halides is 2. The van der Waals surface area contributed by atoms with E-state index in [0.29, 0.717) is 39.0 Å². The molecule has 3 aromatic rings. The van der Waals surface area contributed by atoms with Gasteiger partial charge in [-0.05, 0) is 24.3 Å². The van der Waals surface area contributed by atoms with Gasteiger partial charge in [-0.1, -0.05) is 58.2 Å². The number of hydrogen-bond donors (Lipinski definition) is 1. The Morgan fingerprint density at radius 1 is 1.10 bits per heavy atom. The summed E-state index contributed by atoms with van der Waals surface area (Å²) in [4.78, 5) is 23.8. The van der Waals surface area contributed by atoms with Crippen LogP contribution in [0.15, 0.2) is 53.1 Å². The second-order valence-electron chi connectivity index (χ2n) is 5.99. The van der Waals surface area contributed by atoms with Crippen molar-refractivity contribution in [3.63, 3.8) is 0 Å². The third-order valence-corrected chi connectivity index (χ3v) is 5.06. The molecule has 2 aromatic carbocycles. The number of carbonyl (C=O) groups excluding carboxylic acids is 2. The molecule has 1 amide bonds. The van der Waals surface area contributed by atoms with E-state index in [9.17, 15) is 9.59 Å². The smallest absolute Gasteiger partial charge is 0.352 e. The molecule has 1 N–H and O–H groups in total. The van der Waals surface area contributed by atoms with Crippen molar-refractivity contribution in [3.05, 3.63) is 53.6 Å². The van der Waals surface area contributed by atoms with Crippen LogP contribution in [0.4, 0.5) is 5.69 Å². The van der Waals surface area contributed by atoms with E-state index in [1.807, 2.05) is 0 Å². The zero-order chi connectivity index (χ0) is 21.9. The molecule has 30 heavy (non-hydrogen) atoms. The van der Waals surface area contributed by atoms with Gasteiger partial charge in [-0.2, -0.15) is 0 Å². The lowest BCUT2D eigenvalue weighted by atomic mass is 10.1. The molecule has 0 atom stereocenters. The summed E-state index contributed by atoms with van der Waals surface area (Å²) in [5.41, 5.74) is 2.01. The number of rotatable bonds is 6. The summed E-state index contributed by atoms with van der Waals surface area (Å²) in [5, 5.41) is 6.99. The number of amides is 1. The van der Waals surface area contributed by atoms with Crippen LogP contribution in [-0.2, 0) is 14.3 Å². The number of methoxy groups -OCH3 is 2. The molecule has 0 fully saturated rings. The number of benzene rings is 2. The quantitative estimate of drug-likeness (QED) is 0.312. The molecule has 0 bridgehead atoms. The predicted octanol–water partition coefficient (Wildman–Crippen LogP) is 4.96. The Kier molecular flexibility index (Phi) is 6.55. The summed E-state index contributed by atoms with van der Waals surface area (Å²) in [6.07, 6.45) is 0. The molecule has 0 aliphatic rings. The first kappa shape index (κ1) is 22.0. The Balaban J connectivity index is 1.88. The molecular weight excluding hydrogens is 455 g/mol. The Hall–Kier alpha value is -2.74. The summed E-state index contributed by atoms with van der Waals surface area (Å²) < 4.78 is 12.8. The van der Waals surface area contributed by atoms with Crippen molar-refractivity contribution in [1.29, 1.82) is 0 Å². The van der Waals surface area contributed by atoms with Crippen LogP contribution in [0.25, 0.3) is 22.6 Å². The number of anilines is 1. The largest absolute Gasteiger partial charge is 0.496 e. The molecule has 10 heteroatoms. The van der Waals surface area contributed by atoms with Crippen LogP contribution in [0, 0.1) is 0 Å². The van der Waals surface area contributed by atoms with Crippen LogP contribution in [-0.4, -0.2) is 35.6 Å². The lowest BCUT2D eigenvalue weighted by molar-refractivity contribution is -0.143. The van der Waals surface area contributed by atoms with Gasteiger partial charge in [-0.25, -0.2) is 4.79 Å². The van der Waals surface area contributed by atoms with Crippen LogP contribution in [0.3, 0.4) is 0 Å². The van der Waals surface area contributed by atoms with Crippen molar-refractivity contribution < 1.29 is 23.6 Å². The summed E-state index contributed by atoms with van der Waals surface area (Å²) in [7, 11) is 2.61. The van der Waals surface area contributed by atoms with E-state index in [0.717, 1.165) is 7.11 Å². The van der Waals surface area contributed by atoms with Gasteiger partial charge in [0.05, 0.1) is 24.8 Å². The van der Waals surface area contributed by atoms with E-state index in [2.05, 4.69) is 15.2 Å². The maximum atomic E-state index is 12.2. The molecule has 1 aromatic heterocycles. The van der Waals surface area contributed by atoms with Crippen molar-refractivity contribution in [1.82, 2.24) is 5.16 Å². The highest BCUT2D eigenvalue weighted by Crippen LogP contribution is 2.37. The Bertz CT molecular complexity index is 1100. The van der Waals surface area contributed by atoms with Gasteiger partial charge >= 0.3 is 5.97 Å². The van der Waals surface area contributed by atoms with Crippen LogP contribution < -0.4 is 10.1 Å². The second kappa shape index (κ2) is 8.95. The fraction of sp³-hybridized carbons (Fsp3) is 0.150. The van der Waals surface area contributed by atoms with Crippen LogP contribution in [0.1, 0.15) is 0 Å². The first-order valence-corrected chi connectivity index (χ1v) is 9.59. The van der Waals surface area contributed by atoms with Crippen molar-refractivity contribution in [2.24, 2.45) is 0 Å². The van der Waals surface area contributed by atoms with E-state index in [4.69, 9.17) is 44.1 Å². The number of nitrogens with one attached hydrogen (secondary N) is 1. The van der Waals surface area contributed by atoms with E-state index in [1.54, 1.807) is 48.5 Å². The van der Waals surface area contributed by atoms with Crippen LogP contribution in [0.2, 0.25) is 5.02 Å². The predicted molar refractivity (Wildman–Crippen MR) is 114 cm³/mol. The molecule has 0 radical (unpaired) electrons. The zero-order valence-corrected chi connectivity index (χ0v) is 18.0. The normalized spacial score (nSPS) is 11.1. The van der Waals surface area contributed by atoms with Gasteiger partial charge in [0.15, 0.2) is 5.76 Å². The topological polar surface area (TPSA) is 90.7 Å². The van der Waals surface area contributed by atoms with E-state index >= 15 is 0 Å². The average molecular weight is 470 g/mol. The lowest BCUT2D eigenvalue weighted by Gasteiger charge is -2.16. The van der Waals surface area contributed by atoms with Gasteiger partial charge in [0.25, 0.3) is 10.2 Å². The number of halogens is 3. The van der Waals surface area contributed by atoms with Crippen LogP contribution >= 0.6 is 34.8 Å². The first-order chi connectivity index (χ1) is 14.3. The molecule has 0 unspecified atom stereocenters. The minimum atomic E-state index is -2.38. The molecule has 0 spiro atoms. The average Bonchev–Trinajstić information content (AvgIpc) is 3.22. The van der Waals surface area contributed by atoms with E-state index < -0.39 is 16.2 Å². The van der Waals surface area contributed by atoms with Crippen molar-refractivity contribution in [2.45, 2.75) is 4.33 Å². The lowest BCUT2D eigenvalue weighted by Crippen LogP contribution is -2.40. The van der Waals surface area contributed by atoms with Gasteiger partial charge < -0.3 is 19.3 Å². The monoisotopic (exact) mass is 468 g/mol. The van der Waals surface area contributed by atoms with E-state index in [1.165, 1.54) is 7.11 Å². The maximum absolute atomic E-state index is 12.2. The summed E-state index contributed by atoms with van der Waals surface area (Å²) in [5.74, 6) is -1.08. The van der Waals surface area contributed by atoms with Gasteiger partial charge in [0, 0.05) is 17.3 Å². The molecule has 156 valence electrons. The molecule has 0 aliphatic carbocycles. The Labute approximate surface area is 186 Å². The third kappa shape index (κ3) is 4.38. The minimum absolute atomic E-state index is 0.334. The molecule has 0 saturated heterocycles. The number of ether oxygens (including phenoxy) is 2. The zero-order valence-electron chi connectivity index (χ0n) is 15.7. The van der Waals surface area contributed by atoms with Gasteiger partial charge in [-0.15, -0.1) is 0 Å². The Morgan fingerprint density at radius 2 is 1.83 bits per heavy atom. The van der Waals surface area contributed by atoms with E-state index in [-0.39, 0.29) is 0 Å². The standard InChI is InChI=1S/C20H15Cl3N2O5/c1-28-15-8-4-7-13(21)17(15)14-10-16(30-25-14)11-5-3-6-12(9-11)24-18(26)20(22,23)19(27)29-2/h3-10H,1-2H3,(H,24,26). The highest BCUT2D eigenvalue weighted by atomic mass is 35.5. The number of aromatic nitrogens is 1.